The van der Waals surface area contributed by atoms with E-state index < -0.39 is 18.3 Å². The number of rotatable bonds is 3. The van der Waals surface area contributed by atoms with Gasteiger partial charge in [-0.1, -0.05) is 0 Å². The zero-order valence-corrected chi connectivity index (χ0v) is 9.65. The zero-order chi connectivity index (χ0) is 13.3. The zero-order valence-electron chi connectivity index (χ0n) is 9.65. The molecule has 18 heavy (non-hydrogen) atoms. The van der Waals surface area contributed by atoms with Crippen LogP contribution >= 0.6 is 0 Å². The molecule has 1 atom stereocenters. The topological polar surface area (TPSA) is 55.8 Å². The lowest BCUT2D eigenvalue weighted by atomic mass is 9.95. The van der Waals surface area contributed by atoms with E-state index in [1.165, 1.54) is 13.0 Å². The van der Waals surface area contributed by atoms with Crippen LogP contribution in [0.5, 0.6) is 11.5 Å². The summed E-state index contributed by atoms with van der Waals surface area (Å²) in [6.45, 7) is 1.98. The number of carbonyl (C=O) groups is 1. The first-order valence-corrected chi connectivity index (χ1v) is 5.45. The smallest absolute Gasteiger partial charge is 0.310 e. The fourth-order valence-electron chi connectivity index (χ4n) is 1.82. The van der Waals surface area contributed by atoms with Crippen molar-refractivity contribution in [2.75, 3.05) is 13.2 Å². The maximum atomic E-state index is 12.9. The summed E-state index contributed by atoms with van der Waals surface area (Å²) in [6.07, 6.45) is -2.75. The first-order chi connectivity index (χ1) is 8.50. The molecule has 1 aromatic carbocycles. The molecule has 1 N–H and O–H groups in total. The third kappa shape index (κ3) is 2.23. The van der Waals surface area contributed by atoms with Crippen molar-refractivity contribution in [2.24, 2.45) is 0 Å². The number of halogens is 2. The molecule has 0 saturated carbocycles. The summed E-state index contributed by atoms with van der Waals surface area (Å²) in [5, 5.41) is 8.93. The lowest BCUT2D eigenvalue weighted by molar-refractivity contribution is -0.138. The number of fused-ring (bicyclic) bond motifs is 1. The van der Waals surface area contributed by atoms with Crippen LogP contribution in [0.3, 0.4) is 0 Å². The summed E-state index contributed by atoms with van der Waals surface area (Å²) in [5.74, 6) is -1.63. The Morgan fingerprint density at radius 3 is 2.17 bits per heavy atom. The SMILES string of the molecule is CC(C(=O)O)c1cc2c(cc1C(F)F)OCCO2. The van der Waals surface area contributed by atoms with Crippen LogP contribution in [0.1, 0.15) is 30.4 Å². The molecule has 0 spiro atoms. The van der Waals surface area contributed by atoms with Crippen molar-refractivity contribution >= 4 is 5.97 Å². The van der Waals surface area contributed by atoms with E-state index in [0.29, 0.717) is 19.0 Å². The molecular formula is C12H12F2O4. The lowest BCUT2D eigenvalue weighted by Crippen LogP contribution is -2.17. The van der Waals surface area contributed by atoms with Crippen LogP contribution in [0.2, 0.25) is 0 Å². The minimum Gasteiger partial charge on any atom is -0.486 e. The number of carboxylic acid groups (broad SMARTS) is 1. The molecule has 1 heterocycles. The van der Waals surface area contributed by atoms with Crippen molar-refractivity contribution in [2.45, 2.75) is 19.3 Å². The second kappa shape index (κ2) is 4.80. The molecule has 0 aliphatic carbocycles. The highest BCUT2D eigenvalue weighted by atomic mass is 19.3. The third-order valence-corrected chi connectivity index (χ3v) is 2.82. The van der Waals surface area contributed by atoms with Crippen molar-refractivity contribution < 1.29 is 28.2 Å². The highest BCUT2D eigenvalue weighted by molar-refractivity contribution is 5.76. The van der Waals surface area contributed by atoms with Crippen LogP contribution in [0.25, 0.3) is 0 Å². The second-order valence-electron chi connectivity index (χ2n) is 3.99. The van der Waals surface area contributed by atoms with E-state index in [0.717, 1.165) is 6.07 Å². The van der Waals surface area contributed by atoms with E-state index in [9.17, 15) is 13.6 Å². The fraction of sp³-hybridized carbons (Fsp3) is 0.417. The van der Waals surface area contributed by atoms with E-state index in [1.54, 1.807) is 0 Å². The minimum absolute atomic E-state index is 0.0572. The molecule has 0 aromatic heterocycles. The average Bonchev–Trinajstić information content (AvgIpc) is 2.36. The summed E-state index contributed by atoms with van der Waals surface area (Å²) < 4.78 is 36.3. The van der Waals surface area contributed by atoms with Gasteiger partial charge >= 0.3 is 5.97 Å². The first-order valence-electron chi connectivity index (χ1n) is 5.45. The quantitative estimate of drug-likeness (QED) is 0.905. The van der Waals surface area contributed by atoms with Gasteiger partial charge in [-0.25, -0.2) is 8.78 Å². The van der Waals surface area contributed by atoms with Gasteiger partial charge in [0.1, 0.15) is 13.2 Å². The maximum absolute atomic E-state index is 12.9. The molecule has 98 valence electrons. The number of carboxylic acids is 1. The Balaban J connectivity index is 2.52. The molecule has 4 nitrogen and oxygen atoms in total. The molecule has 0 radical (unpaired) electrons. The summed E-state index contributed by atoms with van der Waals surface area (Å²) in [5.41, 5.74) is -0.268. The van der Waals surface area contributed by atoms with Gasteiger partial charge in [-0.3, -0.25) is 4.79 Å². The summed E-state index contributed by atoms with van der Waals surface area (Å²) in [7, 11) is 0. The van der Waals surface area contributed by atoms with Gasteiger partial charge < -0.3 is 14.6 Å². The van der Waals surface area contributed by atoms with Crippen molar-refractivity contribution in [1.82, 2.24) is 0 Å². The standard InChI is InChI=1S/C12H12F2O4/c1-6(12(15)16)7-4-9-10(18-3-2-17-9)5-8(7)11(13)14/h4-6,11H,2-3H2,1H3,(H,15,16). The van der Waals surface area contributed by atoms with Crippen LogP contribution in [0.15, 0.2) is 12.1 Å². The molecule has 1 aromatic rings. The Bertz CT molecular complexity index is 473. The van der Waals surface area contributed by atoms with Gasteiger partial charge in [0.25, 0.3) is 6.43 Å². The van der Waals surface area contributed by atoms with Crippen LogP contribution in [0, 0.1) is 0 Å². The Labute approximate surface area is 102 Å². The van der Waals surface area contributed by atoms with Gasteiger partial charge in [0.2, 0.25) is 0 Å². The molecule has 2 rings (SSSR count). The van der Waals surface area contributed by atoms with Gasteiger partial charge in [0.15, 0.2) is 11.5 Å². The number of hydrogen-bond donors (Lipinski definition) is 1. The van der Waals surface area contributed by atoms with Crippen molar-refractivity contribution in [3.8, 4) is 11.5 Å². The predicted octanol–water partition coefficient (Wildman–Crippen LogP) is 2.58. The lowest BCUT2D eigenvalue weighted by Gasteiger charge is -2.22. The largest absolute Gasteiger partial charge is 0.486 e. The number of hydrogen-bond acceptors (Lipinski definition) is 3. The molecule has 0 amide bonds. The average molecular weight is 258 g/mol. The highest BCUT2D eigenvalue weighted by Gasteiger charge is 2.26. The van der Waals surface area contributed by atoms with Gasteiger partial charge in [0.05, 0.1) is 5.92 Å². The van der Waals surface area contributed by atoms with Crippen molar-refractivity contribution in [3.05, 3.63) is 23.3 Å². The predicted molar refractivity (Wildman–Crippen MR) is 58.4 cm³/mol. The summed E-state index contributed by atoms with van der Waals surface area (Å²) in [6, 6.07) is 2.49. The Kier molecular flexibility index (Phi) is 3.36. The summed E-state index contributed by atoms with van der Waals surface area (Å²) >= 11 is 0. The fourth-order valence-corrected chi connectivity index (χ4v) is 1.82. The Morgan fingerprint density at radius 2 is 1.72 bits per heavy atom. The maximum Gasteiger partial charge on any atom is 0.310 e. The molecule has 1 aliphatic heterocycles. The van der Waals surface area contributed by atoms with Gasteiger partial charge in [-0.2, -0.15) is 0 Å². The number of alkyl halides is 2. The van der Waals surface area contributed by atoms with E-state index >= 15 is 0 Å². The number of benzene rings is 1. The molecule has 0 bridgehead atoms. The van der Waals surface area contributed by atoms with E-state index in [2.05, 4.69) is 0 Å². The van der Waals surface area contributed by atoms with Gasteiger partial charge in [0, 0.05) is 5.56 Å². The molecule has 0 fully saturated rings. The second-order valence-corrected chi connectivity index (χ2v) is 3.99. The molecule has 1 unspecified atom stereocenters. The van der Waals surface area contributed by atoms with E-state index in [4.69, 9.17) is 14.6 Å². The van der Waals surface area contributed by atoms with Crippen LogP contribution in [-0.4, -0.2) is 24.3 Å². The molecule has 0 saturated heterocycles. The summed E-state index contributed by atoms with van der Waals surface area (Å²) in [4.78, 5) is 10.9. The van der Waals surface area contributed by atoms with Crippen LogP contribution < -0.4 is 9.47 Å². The molecular weight excluding hydrogens is 246 g/mol. The van der Waals surface area contributed by atoms with Gasteiger partial charge in [-0.15, -0.1) is 0 Å². The normalized spacial score (nSPS) is 15.6. The Morgan fingerprint density at radius 1 is 1.22 bits per heavy atom. The van der Waals surface area contributed by atoms with Gasteiger partial charge in [-0.05, 0) is 24.6 Å². The van der Waals surface area contributed by atoms with Crippen LogP contribution in [0.4, 0.5) is 8.78 Å². The minimum atomic E-state index is -2.75. The monoisotopic (exact) mass is 258 g/mol. The first kappa shape index (κ1) is 12.6. The van der Waals surface area contributed by atoms with E-state index in [-0.39, 0.29) is 16.9 Å². The van der Waals surface area contributed by atoms with Crippen molar-refractivity contribution in [3.63, 3.8) is 0 Å². The number of ether oxygens (including phenoxy) is 2. The van der Waals surface area contributed by atoms with Crippen LogP contribution in [-0.2, 0) is 4.79 Å². The van der Waals surface area contributed by atoms with Crippen molar-refractivity contribution in [1.29, 1.82) is 0 Å². The number of aliphatic carboxylic acids is 1. The molecule has 1 aliphatic rings. The molecule has 6 heteroatoms. The third-order valence-electron chi connectivity index (χ3n) is 2.82. The highest BCUT2D eigenvalue weighted by Crippen LogP contribution is 2.39. The Hall–Kier alpha value is -1.85. The van der Waals surface area contributed by atoms with E-state index in [1.807, 2.05) is 0 Å².